The van der Waals surface area contributed by atoms with Crippen LogP contribution in [0.15, 0.2) is 48.5 Å². The lowest BCUT2D eigenvalue weighted by atomic mass is 10.0. The van der Waals surface area contributed by atoms with Crippen LogP contribution in [0.1, 0.15) is 13.3 Å². The van der Waals surface area contributed by atoms with Crippen LogP contribution in [0, 0.1) is 6.20 Å². The number of hydrogen-bond donors (Lipinski definition) is 1. The second-order valence-electron chi connectivity index (χ2n) is 4.52. The average molecular weight is 250 g/mol. The molecule has 0 amide bonds. The molecule has 95 valence electrons. The molecule has 19 heavy (non-hydrogen) atoms. The highest BCUT2D eigenvalue weighted by Gasteiger charge is 2.11. The smallest absolute Gasteiger partial charge is 0.129 e. The van der Waals surface area contributed by atoms with Gasteiger partial charge in [0, 0.05) is 5.56 Å². The van der Waals surface area contributed by atoms with Gasteiger partial charge in [0.25, 0.3) is 0 Å². The Kier molecular flexibility index (Phi) is 3.23. The van der Waals surface area contributed by atoms with Crippen molar-refractivity contribution in [2.24, 2.45) is 0 Å². The maximum absolute atomic E-state index is 5.85. The van der Waals surface area contributed by atoms with Gasteiger partial charge in [-0.15, -0.1) is 0 Å². The molecule has 0 aliphatic rings. The summed E-state index contributed by atoms with van der Waals surface area (Å²) < 4.78 is 5.85. The van der Waals surface area contributed by atoms with E-state index >= 15 is 0 Å². The Morgan fingerprint density at radius 3 is 2.68 bits per heavy atom. The summed E-state index contributed by atoms with van der Waals surface area (Å²) in [5.74, 6) is 0.927. The number of rotatable bonds is 4. The standard InChI is InChI=1S/C17H16NO/c1-2-11-19-16-10-6-9-15-17(16)14(12-18-15)13-7-4-3-5-8-13/h3-10,18H,2,11H2,1H3. The SMILES string of the molecule is CCCOc1cccc2[nH][c]c(-c3ccccc3)c12. The Labute approximate surface area is 113 Å². The van der Waals surface area contributed by atoms with Gasteiger partial charge in [0.2, 0.25) is 0 Å². The van der Waals surface area contributed by atoms with Crippen LogP contribution in [0.25, 0.3) is 22.0 Å². The minimum absolute atomic E-state index is 0.735. The molecule has 0 aliphatic carbocycles. The molecular weight excluding hydrogens is 234 g/mol. The fraction of sp³-hybridized carbons (Fsp3) is 0.176. The number of nitrogens with one attached hydrogen (secondary N) is 1. The topological polar surface area (TPSA) is 25.0 Å². The van der Waals surface area contributed by atoms with E-state index in [0.29, 0.717) is 0 Å². The summed E-state index contributed by atoms with van der Waals surface area (Å²) in [6.45, 7) is 2.85. The Morgan fingerprint density at radius 1 is 1.05 bits per heavy atom. The molecule has 0 saturated heterocycles. The fourth-order valence-electron chi connectivity index (χ4n) is 2.24. The molecule has 1 N–H and O–H groups in total. The number of H-pyrrole nitrogens is 1. The first-order chi connectivity index (χ1) is 9.40. The van der Waals surface area contributed by atoms with Gasteiger partial charge in [-0.05, 0) is 24.1 Å². The minimum atomic E-state index is 0.735. The van der Waals surface area contributed by atoms with Crippen molar-refractivity contribution in [1.82, 2.24) is 4.98 Å². The van der Waals surface area contributed by atoms with Gasteiger partial charge in [0.15, 0.2) is 0 Å². The summed E-state index contributed by atoms with van der Waals surface area (Å²) in [7, 11) is 0. The Balaban J connectivity index is 2.15. The molecule has 2 nitrogen and oxygen atoms in total. The number of aromatic nitrogens is 1. The molecule has 0 saturated carbocycles. The molecule has 2 heteroatoms. The van der Waals surface area contributed by atoms with E-state index in [9.17, 15) is 0 Å². The second-order valence-corrected chi connectivity index (χ2v) is 4.52. The normalized spacial score (nSPS) is 10.8. The molecule has 3 rings (SSSR count). The minimum Gasteiger partial charge on any atom is -0.493 e. The first-order valence-corrected chi connectivity index (χ1v) is 6.60. The third-order valence-electron chi connectivity index (χ3n) is 3.12. The molecule has 1 radical (unpaired) electrons. The van der Waals surface area contributed by atoms with Crippen LogP contribution in [0.5, 0.6) is 5.75 Å². The van der Waals surface area contributed by atoms with E-state index in [0.717, 1.165) is 40.8 Å². The van der Waals surface area contributed by atoms with Crippen molar-refractivity contribution >= 4 is 10.9 Å². The first-order valence-electron chi connectivity index (χ1n) is 6.60. The van der Waals surface area contributed by atoms with Gasteiger partial charge in [0.05, 0.1) is 23.7 Å². The number of aromatic amines is 1. The van der Waals surface area contributed by atoms with E-state index in [-0.39, 0.29) is 0 Å². The molecule has 1 heterocycles. The van der Waals surface area contributed by atoms with Gasteiger partial charge in [-0.2, -0.15) is 0 Å². The highest BCUT2D eigenvalue weighted by Crippen LogP contribution is 2.34. The van der Waals surface area contributed by atoms with Crippen LogP contribution in [-0.2, 0) is 0 Å². The van der Waals surface area contributed by atoms with E-state index in [1.807, 2.05) is 30.3 Å². The number of benzene rings is 2. The van der Waals surface area contributed by atoms with E-state index in [2.05, 4.69) is 36.3 Å². The van der Waals surface area contributed by atoms with Crippen molar-refractivity contribution in [2.45, 2.75) is 13.3 Å². The summed E-state index contributed by atoms with van der Waals surface area (Å²) in [6.07, 6.45) is 4.25. The van der Waals surface area contributed by atoms with Crippen molar-refractivity contribution in [3.8, 4) is 16.9 Å². The molecule has 2 aromatic carbocycles. The van der Waals surface area contributed by atoms with Crippen molar-refractivity contribution in [3.63, 3.8) is 0 Å². The molecule has 0 aliphatic heterocycles. The lowest BCUT2D eigenvalue weighted by Crippen LogP contribution is -1.95. The Morgan fingerprint density at radius 2 is 1.89 bits per heavy atom. The van der Waals surface area contributed by atoms with Crippen LogP contribution in [0.4, 0.5) is 0 Å². The van der Waals surface area contributed by atoms with Gasteiger partial charge in [-0.25, -0.2) is 0 Å². The van der Waals surface area contributed by atoms with Crippen LogP contribution in [0.3, 0.4) is 0 Å². The van der Waals surface area contributed by atoms with E-state index < -0.39 is 0 Å². The summed E-state index contributed by atoms with van der Waals surface area (Å²) in [4.78, 5) is 3.20. The monoisotopic (exact) mass is 250 g/mol. The van der Waals surface area contributed by atoms with Gasteiger partial charge in [-0.3, -0.25) is 0 Å². The lowest BCUT2D eigenvalue weighted by Gasteiger charge is -2.08. The summed E-state index contributed by atoms with van der Waals surface area (Å²) in [6, 6.07) is 16.4. The summed E-state index contributed by atoms with van der Waals surface area (Å²) >= 11 is 0. The van der Waals surface area contributed by atoms with Gasteiger partial charge in [0.1, 0.15) is 5.75 Å². The van der Waals surface area contributed by atoms with Crippen LogP contribution in [-0.4, -0.2) is 11.6 Å². The van der Waals surface area contributed by atoms with E-state index in [1.165, 1.54) is 0 Å². The maximum atomic E-state index is 5.85. The molecule has 0 bridgehead atoms. The predicted octanol–water partition coefficient (Wildman–Crippen LogP) is 4.42. The largest absolute Gasteiger partial charge is 0.493 e. The summed E-state index contributed by atoms with van der Waals surface area (Å²) in [5.41, 5.74) is 3.29. The number of fused-ring (bicyclic) bond motifs is 1. The van der Waals surface area contributed by atoms with Gasteiger partial charge < -0.3 is 9.72 Å². The molecule has 1 aromatic heterocycles. The highest BCUT2D eigenvalue weighted by atomic mass is 16.5. The van der Waals surface area contributed by atoms with Crippen LogP contribution in [0.2, 0.25) is 0 Å². The van der Waals surface area contributed by atoms with Crippen LogP contribution >= 0.6 is 0 Å². The zero-order chi connectivity index (χ0) is 13.1. The van der Waals surface area contributed by atoms with Gasteiger partial charge in [-0.1, -0.05) is 43.3 Å². The van der Waals surface area contributed by atoms with Crippen LogP contribution < -0.4 is 4.74 Å². The van der Waals surface area contributed by atoms with Crippen molar-refractivity contribution in [1.29, 1.82) is 0 Å². The Bertz CT molecular complexity index is 670. The van der Waals surface area contributed by atoms with E-state index in [1.54, 1.807) is 0 Å². The first kappa shape index (κ1) is 11.8. The molecule has 0 unspecified atom stereocenters. The third kappa shape index (κ3) is 2.22. The molecule has 3 aromatic rings. The van der Waals surface area contributed by atoms with E-state index in [4.69, 9.17) is 4.74 Å². The number of hydrogen-bond acceptors (Lipinski definition) is 1. The Hall–Kier alpha value is -2.22. The third-order valence-corrected chi connectivity index (χ3v) is 3.12. The quantitative estimate of drug-likeness (QED) is 0.728. The summed E-state index contributed by atoms with van der Waals surface area (Å²) in [5, 5.41) is 1.11. The molecule has 0 fully saturated rings. The highest BCUT2D eigenvalue weighted by molar-refractivity contribution is 5.99. The molecule has 0 spiro atoms. The molecular formula is C17H16NO. The van der Waals surface area contributed by atoms with Gasteiger partial charge >= 0.3 is 0 Å². The second kappa shape index (κ2) is 5.19. The maximum Gasteiger partial charge on any atom is 0.129 e. The fourth-order valence-corrected chi connectivity index (χ4v) is 2.24. The van der Waals surface area contributed by atoms with Crippen molar-refractivity contribution < 1.29 is 4.74 Å². The predicted molar refractivity (Wildman–Crippen MR) is 78.4 cm³/mol. The molecule has 0 atom stereocenters. The average Bonchev–Trinajstić information content (AvgIpc) is 2.90. The van der Waals surface area contributed by atoms with Crippen molar-refractivity contribution in [3.05, 3.63) is 54.7 Å². The van der Waals surface area contributed by atoms with Crippen molar-refractivity contribution in [2.75, 3.05) is 6.61 Å². The lowest BCUT2D eigenvalue weighted by molar-refractivity contribution is 0.321. The zero-order valence-electron chi connectivity index (χ0n) is 10.9. The number of ether oxygens (including phenoxy) is 1. The zero-order valence-corrected chi connectivity index (χ0v) is 10.9.